The number of amides is 1. The van der Waals surface area contributed by atoms with Gasteiger partial charge in [-0.1, -0.05) is 0 Å². The van der Waals surface area contributed by atoms with Crippen LogP contribution >= 0.6 is 0 Å². The van der Waals surface area contributed by atoms with E-state index in [-0.39, 0.29) is 17.9 Å². The zero-order chi connectivity index (χ0) is 16.0. The van der Waals surface area contributed by atoms with Crippen LogP contribution in [0.2, 0.25) is 0 Å². The van der Waals surface area contributed by atoms with Crippen molar-refractivity contribution in [2.75, 3.05) is 20.1 Å². The summed E-state index contributed by atoms with van der Waals surface area (Å²) in [6.07, 6.45) is 7.58. The Bertz CT molecular complexity index is 716. The summed E-state index contributed by atoms with van der Waals surface area (Å²) in [7, 11) is 4.09. The van der Waals surface area contributed by atoms with E-state index < -0.39 is 0 Å². The lowest BCUT2D eigenvalue weighted by Crippen LogP contribution is -2.40. The van der Waals surface area contributed by atoms with Gasteiger partial charge in [0.1, 0.15) is 5.76 Å². The Morgan fingerprint density at radius 2 is 2.17 bits per heavy atom. The van der Waals surface area contributed by atoms with Gasteiger partial charge in [-0.2, -0.15) is 0 Å². The Morgan fingerprint density at radius 1 is 1.35 bits per heavy atom. The highest BCUT2D eigenvalue weighted by Gasteiger charge is 2.36. The third-order valence-corrected chi connectivity index (χ3v) is 4.94. The molecular weight excluding hydrogens is 292 g/mol. The number of carbonyl (C=O) groups excluding carboxylic acids is 1. The molecule has 1 aliphatic heterocycles. The highest BCUT2D eigenvalue weighted by atomic mass is 16.3. The van der Waals surface area contributed by atoms with Crippen LogP contribution in [0.1, 0.15) is 46.5 Å². The molecule has 0 bridgehead atoms. The fourth-order valence-corrected chi connectivity index (χ4v) is 3.59. The van der Waals surface area contributed by atoms with Gasteiger partial charge in [0.15, 0.2) is 0 Å². The Balaban J connectivity index is 1.53. The van der Waals surface area contributed by atoms with Crippen molar-refractivity contribution < 1.29 is 9.21 Å². The summed E-state index contributed by atoms with van der Waals surface area (Å²) in [6.45, 7) is 1.77. The second-order valence-corrected chi connectivity index (χ2v) is 6.81. The predicted octanol–water partition coefficient (Wildman–Crippen LogP) is 1.72. The SMILES string of the molecule is CN1C[C@@H](NC(=O)c2ccoc2C2CC2)[C@H](c2cncn2C)C1. The zero-order valence-corrected chi connectivity index (χ0v) is 13.5. The number of carbonyl (C=O) groups is 1. The minimum atomic E-state index is -0.0203. The summed E-state index contributed by atoms with van der Waals surface area (Å²) >= 11 is 0. The topological polar surface area (TPSA) is 63.3 Å². The summed E-state index contributed by atoms with van der Waals surface area (Å²) in [4.78, 5) is 19.2. The monoisotopic (exact) mass is 314 g/mol. The van der Waals surface area contributed by atoms with E-state index in [0.717, 1.165) is 37.4 Å². The summed E-state index contributed by atoms with van der Waals surface area (Å²) in [5.74, 6) is 1.52. The number of nitrogens with zero attached hydrogens (tertiary/aromatic N) is 3. The van der Waals surface area contributed by atoms with Gasteiger partial charge in [-0.15, -0.1) is 0 Å². The lowest BCUT2D eigenvalue weighted by Gasteiger charge is -2.20. The van der Waals surface area contributed by atoms with E-state index >= 15 is 0 Å². The van der Waals surface area contributed by atoms with E-state index in [0.29, 0.717) is 11.5 Å². The average Bonchev–Trinajstić information content (AvgIpc) is 2.93. The third-order valence-electron chi connectivity index (χ3n) is 4.94. The number of likely N-dealkylation sites (N-methyl/N-ethyl adjacent to an activating group) is 1. The highest BCUT2D eigenvalue weighted by molar-refractivity contribution is 5.95. The first-order chi connectivity index (χ1) is 11.1. The van der Waals surface area contributed by atoms with E-state index in [1.807, 2.05) is 24.1 Å². The van der Waals surface area contributed by atoms with Crippen LogP contribution in [0.25, 0.3) is 0 Å². The van der Waals surface area contributed by atoms with Gasteiger partial charge in [-0.25, -0.2) is 4.98 Å². The second-order valence-electron chi connectivity index (χ2n) is 6.81. The van der Waals surface area contributed by atoms with E-state index in [9.17, 15) is 4.79 Å². The van der Waals surface area contributed by atoms with Crippen molar-refractivity contribution in [2.24, 2.45) is 7.05 Å². The second kappa shape index (κ2) is 5.53. The van der Waals surface area contributed by atoms with Crippen LogP contribution in [0.15, 0.2) is 29.3 Å². The molecule has 23 heavy (non-hydrogen) atoms. The number of likely N-dealkylation sites (tertiary alicyclic amines) is 1. The van der Waals surface area contributed by atoms with Crippen molar-refractivity contribution >= 4 is 5.91 Å². The van der Waals surface area contributed by atoms with Crippen LogP contribution in [-0.2, 0) is 7.05 Å². The lowest BCUT2D eigenvalue weighted by molar-refractivity contribution is 0.0933. The van der Waals surface area contributed by atoms with Crippen LogP contribution in [0.4, 0.5) is 0 Å². The minimum absolute atomic E-state index is 0.0203. The summed E-state index contributed by atoms with van der Waals surface area (Å²) in [5.41, 5.74) is 1.86. The first kappa shape index (κ1) is 14.5. The van der Waals surface area contributed by atoms with Gasteiger partial charge in [0.2, 0.25) is 0 Å². The predicted molar refractivity (Wildman–Crippen MR) is 85.4 cm³/mol. The van der Waals surface area contributed by atoms with Crippen molar-refractivity contribution in [3.8, 4) is 0 Å². The Hall–Kier alpha value is -2.08. The average molecular weight is 314 g/mol. The molecule has 2 fully saturated rings. The normalized spacial score (nSPS) is 25.0. The Labute approximate surface area is 135 Å². The lowest BCUT2D eigenvalue weighted by atomic mass is 9.99. The minimum Gasteiger partial charge on any atom is -0.468 e. The molecule has 6 nitrogen and oxygen atoms in total. The maximum absolute atomic E-state index is 12.7. The van der Waals surface area contributed by atoms with Crippen LogP contribution in [-0.4, -0.2) is 46.5 Å². The summed E-state index contributed by atoms with van der Waals surface area (Å²) < 4.78 is 7.57. The molecule has 6 heteroatoms. The molecule has 1 amide bonds. The van der Waals surface area contributed by atoms with Crippen LogP contribution in [0.3, 0.4) is 0 Å². The molecule has 0 radical (unpaired) electrons. The standard InChI is InChI=1S/C17H22N4O2/c1-20-8-13(15-7-18-10-21(15)2)14(9-20)19-17(22)12-5-6-23-16(12)11-3-4-11/h5-7,10-11,13-14H,3-4,8-9H2,1-2H3,(H,19,22)/t13-,14-/m1/s1. The number of hydrogen-bond donors (Lipinski definition) is 1. The van der Waals surface area contributed by atoms with Crippen molar-refractivity contribution in [3.05, 3.63) is 41.9 Å². The largest absolute Gasteiger partial charge is 0.468 e. The fourth-order valence-electron chi connectivity index (χ4n) is 3.59. The zero-order valence-electron chi connectivity index (χ0n) is 13.5. The number of furan rings is 1. The maximum Gasteiger partial charge on any atom is 0.255 e. The summed E-state index contributed by atoms with van der Waals surface area (Å²) in [5, 5.41) is 3.22. The molecular formula is C17H22N4O2. The number of imidazole rings is 1. The first-order valence-electron chi connectivity index (χ1n) is 8.16. The van der Waals surface area contributed by atoms with Gasteiger partial charge in [-0.05, 0) is 26.0 Å². The molecule has 0 unspecified atom stereocenters. The van der Waals surface area contributed by atoms with Crippen molar-refractivity contribution in [3.63, 3.8) is 0 Å². The smallest absolute Gasteiger partial charge is 0.255 e. The molecule has 122 valence electrons. The molecule has 0 spiro atoms. The van der Waals surface area contributed by atoms with E-state index in [2.05, 4.69) is 22.2 Å². The molecule has 0 aromatic carbocycles. The molecule has 2 aromatic rings. The van der Waals surface area contributed by atoms with Gasteiger partial charge in [-0.3, -0.25) is 4.79 Å². The number of aromatic nitrogens is 2. The van der Waals surface area contributed by atoms with E-state index in [1.165, 1.54) is 0 Å². The fraction of sp³-hybridized carbons (Fsp3) is 0.529. The number of hydrogen-bond acceptors (Lipinski definition) is 4. The highest BCUT2D eigenvalue weighted by Crippen LogP contribution is 2.42. The van der Waals surface area contributed by atoms with E-state index in [1.54, 1.807) is 12.3 Å². The molecule has 1 N–H and O–H groups in total. The Morgan fingerprint density at radius 3 is 2.87 bits per heavy atom. The molecule has 1 saturated carbocycles. The van der Waals surface area contributed by atoms with E-state index in [4.69, 9.17) is 4.42 Å². The molecule has 3 heterocycles. The Kier molecular flexibility index (Phi) is 3.49. The van der Waals surface area contributed by atoms with Gasteiger partial charge < -0.3 is 19.2 Å². The molecule has 1 aliphatic carbocycles. The number of nitrogens with one attached hydrogen (secondary N) is 1. The number of aryl methyl sites for hydroxylation is 1. The maximum atomic E-state index is 12.7. The molecule has 2 atom stereocenters. The number of rotatable bonds is 4. The quantitative estimate of drug-likeness (QED) is 0.933. The molecule has 1 saturated heterocycles. The third kappa shape index (κ3) is 2.67. The van der Waals surface area contributed by atoms with Crippen LogP contribution in [0.5, 0.6) is 0 Å². The molecule has 2 aliphatic rings. The van der Waals surface area contributed by atoms with Crippen LogP contribution in [0, 0.1) is 0 Å². The van der Waals surface area contributed by atoms with Gasteiger partial charge >= 0.3 is 0 Å². The molecule has 4 rings (SSSR count). The van der Waals surface area contributed by atoms with Gasteiger partial charge in [0.05, 0.1) is 24.2 Å². The van der Waals surface area contributed by atoms with Gasteiger partial charge in [0.25, 0.3) is 5.91 Å². The van der Waals surface area contributed by atoms with Crippen molar-refractivity contribution in [2.45, 2.75) is 30.7 Å². The molecule has 2 aromatic heterocycles. The van der Waals surface area contributed by atoms with Crippen molar-refractivity contribution in [1.29, 1.82) is 0 Å². The summed E-state index contributed by atoms with van der Waals surface area (Å²) in [6, 6.07) is 1.88. The first-order valence-corrected chi connectivity index (χ1v) is 8.16. The van der Waals surface area contributed by atoms with Crippen molar-refractivity contribution in [1.82, 2.24) is 19.8 Å². The van der Waals surface area contributed by atoms with Gasteiger partial charge in [0, 0.05) is 43.9 Å². The van der Waals surface area contributed by atoms with Crippen LogP contribution < -0.4 is 5.32 Å².